The van der Waals surface area contributed by atoms with Crippen molar-refractivity contribution in [1.29, 1.82) is 0 Å². The zero-order chi connectivity index (χ0) is 15.0. The molecular weight excluding hydrogens is 298 g/mol. The van der Waals surface area contributed by atoms with E-state index >= 15 is 0 Å². The molecule has 7 heteroatoms. The summed E-state index contributed by atoms with van der Waals surface area (Å²) in [5.74, 6) is 4.86. The second-order valence-corrected chi connectivity index (χ2v) is 6.80. The van der Waals surface area contributed by atoms with E-state index in [1.807, 2.05) is 0 Å². The third-order valence-corrected chi connectivity index (χ3v) is 4.71. The lowest BCUT2D eigenvalue weighted by Crippen LogP contribution is -2.28. The molecule has 0 heterocycles. The first-order valence-electron chi connectivity index (χ1n) is 5.73. The van der Waals surface area contributed by atoms with Gasteiger partial charge in [0.2, 0.25) is 0 Å². The van der Waals surface area contributed by atoms with Crippen LogP contribution in [0.5, 0.6) is 0 Å². The fourth-order valence-electron chi connectivity index (χ4n) is 1.31. The molecule has 0 amide bonds. The Labute approximate surface area is 122 Å². The van der Waals surface area contributed by atoms with E-state index in [0.29, 0.717) is 5.75 Å². The van der Waals surface area contributed by atoms with Crippen LogP contribution in [-0.4, -0.2) is 37.7 Å². The molecule has 1 aromatic carbocycles. The van der Waals surface area contributed by atoms with Crippen LogP contribution < -0.4 is 5.32 Å². The number of hydrogen-bond donors (Lipinski definition) is 2. The van der Waals surface area contributed by atoms with Crippen LogP contribution in [-0.2, 0) is 14.6 Å². The van der Waals surface area contributed by atoms with E-state index in [9.17, 15) is 13.2 Å². The Kier molecular flexibility index (Phi) is 6.58. The van der Waals surface area contributed by atoms with E-state index in [2.05, 4.69) is 17.2 Å². The summed E-state index contributed by atoms with van der Waals surface area (Å²) in [5.41, 5.74) is 0. The second-order valence-electron chi connectivity index (χ2n) is 3.77. The van der Waals surface area contributed by atoms with Gasteiger partial charge >= 0.3 is 5.97 Å². The Balaban J connectivity index is 2.65. The molecule has 0 aliphatic rings. The third-order valence-electron chi connectivity index (χ3n) is 2.24. The van der Waals surface area contributed by atoms with Crippen LogP contribution in [0.1, 0.15) is 6.92 Å². The minimum atomic E-state index is -3.51. The summed E-state index contributed by atoms with van der Waals surface area (Å²) >= 11 is 1.52. The maximum atomic E-state index is 11.9. The van der Waals surface area contributed by atoms with Gasteiger partial charge in [0.25, 0.3) is 0 Å². The maximum absolute atomic E-state index is 11.9. The molecule has 0 saturated heterocycles. The average molecular weight is 313 g/mol. The quantitative estimate of drug-likeness (QED) is 0.581. The second kappa shape index (κ2) is 7.94. The molecule has 0 radical (unpaired) electrons. The first kappa shape index (κ1) is 16.6. The molecule has 0 saturated carbocycles. The van der Waals surface area contributed by atoms with Gasteiger partial charge in [-0.25, -0.2) is 8.42 Å². The predicted octanol–water partition coefficient (Wildman–Crippen LogP) is 1.21. The molecule has 0 spiro atoms. The molecule has 1 rings (SSSR count). The van der Waals surface area contributed by atoms with E-state index < -0.39 is 21.7 Å². The van der Waals surface area contributed by atoms with Gasteiger partial charge in [-0.2, -0.15) is 0 Å². The van der Waals surface area contributed by atoms with Crippen molar-refractivity contribution in [3.8, 4) is 11.8 Å². The number of benzene rings is 1. The molecule has 0 fully saturated rings. The average Bonchev–Trinajstić information content (AvgIpc) is 2.39. The number of hydrogen-bond acceptors (Lipinski definition) is 5. The van der Waals surface area contributed by atoms with Gasteiger partial charge in [-0.15, -0.1) is 17.7 Å². The van der Waals surface area contributed by atoms with E-state index in [1.165, 1.54) is 23.9 Å². The van der Waals surface area contributed by atoms with Gasteiger partial charge in [0.1, 0.15) is 5.88 Å². The van der Waals surface area contributed by atoms with E-state index in [1.54, 1.807) is 19.1 Å². The van der Waals surface area contributed by atoms with Crippen molar-refractivity contribution in [2.75, 3.05) is 18.2 Å². The molecule has 0 bridgehead atoms. The summed E-state index contributed by atoms with van der Waals surface area (Å²) in [7, 11) is -3.51. The monoisotopic (exact) mass is 313 g/mol. The minimum absolute atomic E-state index is 0.168. The van der Waals surface area contributed by atoms with E-state index in [4.69, 9.17) is 5.11 Å². The molecule has 20 heavy (non-hydrogen) atoms. The number of rotatable bonds is 7. The summed E-state index contributed by atoms with van der Waals surface area (Å²) in [6.07, 6.45) is 0. The number of thioether (sulfide) groups is 1. The summed E-state index contributed by atoms with van der Waals surface area (Å²) in [5, 5.41) is 10.8. The normalized spacial score (nSPS) is 10.7. The summed E-state index contributed by atoms with van der Waals surface area (Å²) in [6.45, 7) is 1.38. The van der Waals surface area contributed by atoms with E-state index in [-0.39, 0.29) is 11.4 Å². The van der Waals surface area contributed by atoms with Gasteiger partial charge in [0, 0.05) is 4.90 Å². The van der Waals surface area contributed by atoms with Gasteiger partial charge in [0.15, 0.2) is 9.84 Å². The van der Waals surface area contributed by atoms with Crippen LogP contribution >= 0.6 is 11.8 Å². The zero-order valence-corrected chi connectivity index (χ0v) is 12.6. The Bertz CT molecular complexity index is 612. The number of aliphatic carboxylic acids is 1. The fourth-order valence-corrected chi connectivity index (χ4v) is 3.11. The predicted molar refractivity (Wildman–Crippen MR) is 78.3 cm³/mol. The summed E-state index contributed by atoms with van der Waals surface area (Å²) < 4.78 is 23.8. The highest BCUT2D eigenvalue weighted by atomic mass is 32.2. The molecule has 0 aromatic heterocycles. The van der Waals surface area contributed by atoms with Gasteiger partial charge < -0.3 is 5.11 Å². The number of carbonyl (C=O) groups is 1. The van der Waals surface area contributed by atoms with Crippen LogP contribution in [0, 0.1) is 11.8 Å². The molecule has 0 atom stereocenters. The van der Waals surface area contributed by atoms with Crippen LogP contribution in [0.2, 0.25) is 0 Å². The fraction of sp³-hybridized carbons (Fsp3) is 0.308. The van der Waals surface area contributed by atoms with Gasteiger partial charge in [-0.05, 0) is 31.2 Å². The highest BCUT2D eigenvalue weighted by Crippen LogP contribution is 2.20. The Morgan fingerprint density at radius 1 is 1.35 bits per heavy atom. The molecule has 108 valence electrons. The van der Waals surface area contributed by atoms with E-state index in [0.717, 1.165) is 4.90 Å². The van der Waals surface area contributed by atoms with Gasteiger partial charge in [0.05, 0.1) is 17.2 Å². The van der Waals surface area contributed by atoms with Crippen molar-refractivity contribution in [1.82, 2.24) is 5.32 Å². The standard InChI is InChI=1S/C13H15NO4S2/c1-2-3-8-19-11-4-6-12(7-5-11)20(17,18)10-14-9-13(15)16/h4-7,14H,8-10H2,1H3,(H,15,16). The smallest absolute Gasteiger partial charge is 0.317 e. The number of carboxylic acid groups (broad SMARTS) is 1. The summed E-state index contributed by atoms with van der Waals surface area (Å²) in [4.78, 5) is 11.4. The molecule has 0 aliphatic carbocycles. The lowest BCUT2D eigenvalue weighted by atomic mass is 10.4. The maximum Gasteiger partial charge on any atom is 0.317 e. The SMILES string of the molecule is CC#CCSc1ccc(S(=O)(=O)CNCC(=O)O)cc1. The molecule has 0 aliphatic heterocycles. The van der Waals surface area contributed by atoms with Crippen LogP contribution in [0.15, 0.2) is 34.1 Å². The number of sulfone groups is 1. The Morgan fingerprint density at radius 2 is 2.00 bits per heavy atom. The zero-order valence-electron chi connectivity index (χ0n) is 10.9. The van der Waals surface area contributed by atoms with Crippen molar-refractivity contribution in [3.63, 3.8) is 0 Å². The number of nitrogens with one attached hydrogen (secondary N) is 1. The largest absolute Gasteiger partial charge is 0.480 e. The highest BCUT2D eigenvalue weighted by Gasteiger charge is 2.14. The van der Waals surface area contributed by atoms with Crippen molar-refractivity contribution in [2.45, 2.75) is 16.7 Å². The van der Waals surface area contributed by atoms with Crippen molar-refractivity contribution in [2.24, 2.45) is 0 Å². The van der Waals surface area contributed by atoms with Crippen molar-refractivity contribution in [3.05, 3.63) is 24.3 Å². The summed E-state index contributed by atoms with van der Waals surface area (Å²) in [6, 6.07) is 6.46. The lowest BCUT2D eigenvalue weighted by Gasteiger charge is -2.05. The molecular formula is C13H15NO4S2. The van der Waals surface area contributed by atoms with Gasteiger partial charge in [-0.1, -0.05) is 5.92 Å². The first-order chi connectivity index (χ1) is 9.45. The molecule has 0 unspecified atom stereocenters. The Morgan fingerprint density at radius 3 is 2.55 bits per heavy atom. The minimum Gasteiger partial charge on any atom is -0.480 e. The van der Waals surface area contributed by atoms with Gasteiger partial charge in [-0.3, -0.25) is 10.1 Å². The van der Waals surface area contributed by atoms with Crippen LogP contribution in [0.4, 0.5) is 0 Å². The molecule has 5 nitrogen and oxygen atoms in total. The topological polar surface area (TPSA) is 83.5 Å². The van der Waals surface area contributed by atoms with Crippen molar-refractivity contribution >= 4 is 27.6 Å². The third kappa shape index (κ3) is 5.65. The molecule has 1 aromatic rings. The molecule has 2 N–H and O–H groups in total. The Hall–Kier alpha value is -1.49. The lowest BCUT2D eigenvalue weighted by molar-refractivity contribution is -0.135. The van der Waals surface area contributed by atoms with Crippen LogP contribution in [0.25, 0.3) is 0 Å². The highest BCUT2D eigenvalue weighted by molar-refractivity contribution is 7.99. The van der Waals surface area contributed by atoms with Crippen LogP contribution in [0.3, 0.4) is 0 Å². The van der Waals surface area contributed by atoms with Crippen molar-refractivity contribution < 1.29 is 18.3 Å². The number of carboxylic acids is 1. The first-order valence-corrected chi connectivity index (χ1v) is 8.37.